The van der Waals surface area contributed by atoms with Gasteiger partial charge in [-0.3, -0.25) is 0 Å². The minimum absolute atomic E-state index is 0.114. The quantitative estimate of drug-likeness (QED) is 0.633. The average Bonchev–Trinajstić information content (AvgIpc) is 3.13. The third-order valence-corrected chi connectivity index (χ3v) is 4.94. The van der Waals surface area contributed by atoms with E-state index in [0.29, 0.717) is 13.2 Å². The number of rotatable bonds is 8. The lowest BCUT2D eigenvalue weighted by Crippen LogP contribution is -2.43. The van der Waals surface area contributed by atoms with Gasteiger partial charge in [0, 0.05) is 19.2 Å². The Morgan fingerprint density at radius 3 is 2.72 bits per heavy atom. The minimum Gasteiger partial charge on any atom is -0.380 e. The molecule has 0 spiro atoms. The van der Waals surface area contributed by atoms with E-state index < -0.39 is 10.0 Å². The Morgan fingerprint density at radius 1 is 1.22 bits per heavy atom. The topological polar surface area (TPSA) is 67.4 Å². The molecule has 5 nitrogen and oxygen atoms in total. The van der Waals surface area contributed by atoms with Crippen molar-refractivity contribution in [2.75, 3.05) is 32.1 Å². The van der Waals surface area contributed by atoms with Gasteiger partial charge in [-0.1, -0.05) is 6.42 Å². The lowest BCUT2D eigenvalue weighted by molar-refractivity contribution is 0.129. The maximum atomic E-state index is 11.8. The zero-order valence-corrected chi connectivity index (χ0v) is 11.7. The fraction of sp³-hybridized carbons (Fsp3) is 1.00. The summed E-state index contributed by atoms with van der Waals surface area (Å²) in [4.78, 5) is 0. The van der Waals surface area contributed by atoms with Gasteiger partial charge in [-0.05, 0) is 38.1 Å². The maximum absolute atomic E-state index is 11.8. The third kappa shape index (κ3) is 5.65. The highest BCUT2D eigenvalue weighted by Gasteiger charge is 2.22. The van der Waals surface area contributed by atoms with E-state index in [0.717, 1.165) is 38.3 Å². The summed E-state index contributed by atoms with van der Waals surface area (Å²) in [6.45, 7) is 2.59. The Bertz CT molecular complexity index is 335. The molecule has 18 heavy (non-hydrogen) atoms. The zero-order valence-electron chi connectivity index (χ0n) is 10.9. The average molecular weight is 276 g/mol. The van der Waals surface area contributed by atoms with Gasteiger partial charge in [0.25, 0.3) is 0 Å². The third-order valence-electron chi connectivity index (χ3n) is 3.45. The zero-order chi connectivity index (χ0) is 12.8. The molecule has 6 heteroatoms. The molecule has 0 amide bonds. The normalized spacial score (nSPS) is 25.2. The van der Waals surface area contributed by atoms with Crippen LogP contribution < -0.4 is 10.0 Å². The van der Waals surface area contributed by atoms with E-state index in [1.54, 1.807) is 0 Å². The summed E-state index contributed by atoms with van der Waals surface area (Å²) in [6.07, 6.45) is 5.76. The van der Waals surface area contributed by atoms with Crippen LogP contribution in [0.15, 0.2) is 0 Å². The second kappa shape index (κ2) is 6.84. The highest BCUT2D eigenvalue weighted by atomic mass is 32.2. The molecule has 2 fully saturated rings. The molecule has 2 N–H and O–H groups in total. The van der Waals surface area contributed by atoms with Gasteiger partial charge in [0.2, 0.25) is 10.0 Å². The SMILES string of the molecule is O=S(=O)(CC1CCCCN1)NCCOCC1CC1. The first kappa shape index (κ1) is 14.2. The van der Waals surface area contributed by atoms with Crippen LogP contribution in [-0.2, 0) is 14.8 Å². The van der Waals surface area contributed by atoms with Crippen LogP contribution in [0.5, 0.6) is 0 Å². The first-order valence-corrected chi connectivity index (χ1v) is 8.59. The second-order valence-electron chi connectivity index (χ2n) is 5.34. The summed E-state index contributed by atoms with van der Waals surface area (Å²) in [5.41, 5.74) is 0. The van der Waals surface area contributed by atoms with Crippen molar-refractivity contribution in [1.82, 2.24) is 10.0 Å². The van der Waals surface area contributed by atoms with Crippen LogP contribution in [-0.4, -0.2) is 46.5 Å². The van der Waals surface area contributed by atoms with Crippen LogP contribution in [0.25, 0.3) is 0 Å². The maximum Gasteiger partial charge on any atom is 0.213 e. The number of hydrogen-bond acceptors (Lipinski definition) is 4. The summed E-state index contributed by atoms with van der Waals surface area (Å²) in [7, 11) is -3.16. The van der Waals surface area contributed by atoms with E-state index in [2.05, 4.69) is 10.0 Å². The van der Waals surface area contributed by atoms with Crippen molar-refractivity contribution in [3.05, 3.63) is 0 Å². The molecule has 1 heterocycles. The Labute approximate surface area is 110 Å². The summed E-state index contributed by atoms with van der Waals surface area (Å²) in [5, 5.41) is 3.25. The van der Waals surface area contributed by atoms with Crippen LogP contribution in [0.1, 0.15) is 32.1 Å². The monoisotopic (exact) mass is 276 g/mol. The van der Waals surface area contributed by atoms with Gasteiger partial charge >= 0.3 is 0 Å². The van der Waals surface area contributed by atoms with E-state index in [-0.39, 0.29) is 11.8 Å². The number of piperidine rings is 1. The van der Waals surface area contributed by atoms with E-state index in [1.165, 1.54) is 12.8 Å². The number of hydrogen-bond donors (Lipinski definition) is 2. The minimum atomic E-state index is -3.16. The summed E-state index contributed by atoms with van der Waals surface area (Å²) in [6, 6.07) is 0.114. The van der Waals surface area contributed by atoms with Crippen molar-refractivity contribution in [3.8, 4) is 0 Å². The highest BCUT2D eigenvalue weighted by molar-refractivity contribution is 7.89. The van der Waals surface area contributed by atoms with E-state index in [9.17, 15) is 8.42 Å². The van der Waals surface area contributed by atoms with Crippen molar-refractivity contribution in [2.24, 2.45) is 5.92 Å². The van der Waals surface area contributed by atoms with Gasteiger partial charge in [-0.2, -0.15) is 0 Å². The van der Waals surface area contributed by atoms with Gasteiger partial charge in [-0.25, -0.2) is 13.1 Å². The first-order chi connectivity index (χ1) is 8.66. The largest absolute Gasteiger partial charge is 0.380 e. The first-order valence-electron chi connectivity index (χ1n) is 6.94. The van der Waals surface area contributed by atoms with Crippen LogP contribution >= 0.6 is 0 Å². The molecular formula is C12H24N2O3S. The standard InChI is InChI=1S/C12H24N2O3S/c15-18(16,10-12-3-1-2-6-13-12)14-7-8-17-9-11-4-5-11/h11-14H,1-10H2. The van der Waals surface area contributed by atoms with Crippen LogP contribution in [0, 0.1) is 5.92 Å². The van der Waals surface area contributed by atoms with Gasteiger partial charge in [0.15, 0.2) is 0 Å². The van der Waals surface area contributed by atoms with Crippen LogP contribution in [0.4, 0.5) is 0 Å². The Morgan fingerprint density at radius 2 is 2.06 bits per heavy atom. The van der Waals surface area contributed by atoms with Gasteiger partial charge < -0.3 is 10.1 Å². The molecule has 0 aromatic rings. The Balaban J connectivity index is 1.56. The molecule has 0 bridgehead atoms. The lowest BCUT2D eigenvalue weighted by Gasteiger charge is -2.23. The fourth-order valence-electron chi connectivity index (χ4n) is 2.19. The van der Waals surface area contributed by atoms with Crippen molar-refractivity contribution in [1.29, 1.82) is 0 Å². The Hall–Kier alpha value is -0.170. The van der Waals surface area contributed by atoms with E-state index in [1.807, 2.05) is 0 Å². The van der Waals surface area contributed by atoms with Crippen LogP contribution in [0.2, 0.25) is 0 Å². The Kier molecular flexibility index (Phi) is 5.41. The van der Waals surface area contributed by atoms with Gasteiger partial charge in [0.1, 0.15) is 0 Å². The molecule has 0 aromatic heterocycles. The summed E-state index contributed by atoms with van der Waals surface area (Å²) >= 11 is 0. The highest BCUT2D eigenvalue weighted by Crippen LogP contribution is 2.28. The lowest BCUT2D eigenvalue weighted by atomic mass is 10.1. The summed E-state index contributed by atoms with van der Waals surface area (Å²) in [5.74, 6) is 0.920. The molecule has 106 valence electrons. The predicted octanol–water partition coefficient (Wildman–Crippen LogP) is 0.475. The molecule has 0 aromatic carbocycles. The van der Waals surface area contributed by atoms with Gasteiger partial charge in [-0.15, -0.1) is 0 Å². The van der Waals surface area contributed by atoms with Crippen molar-refractivity contribution in [3.63, 3.8) is 0 Å². The molecule has 1 unspecified atom stereocenters. The second-order valence-corrected chi connectivity index (χ2v) is 7.19. The van der Waals surface area contributed by atoms with Crippen molar-refractivity contribution < 1.29 is 13.2 Å². The molecule has 1 saturated heterocycles. The number of ether oxygens (including phenoxy) is 1. The molecule has 1 saturated carbocycles. The van der Waals surface area contributed by atoms with Crippen molar-refractivity contribution in [2.45, 2.75) is 38.1 Å². The molecular weight excluding hydrogens is 252 g/mol. The molecule has 2 aliphatic rings. The van der Waals surface area contributed by atoms with Crippen molar-refractivity contribution >= 4 is 10.0 Å². The fourth-order valence-corrected chi connectivity index (χ4v) is 3.52. The van der Waals surface area contributed by atoms with Gasteiger partial charge in [0.05, 0.1) is 12.4 Å². The number of nitrogens with one attached hydrogen (secondary N) is 2. The summed E-state index contributed by atoms with van der Waals surface area (Å²) < 4.78 is 31.6. The number of sulfonamides is 1. The van der Waals surface area contributed by atoms with Crippen LogP contribution in [0.3, 0.4) is 0 Å². The van der Waals surface area contributed by atoms with E-state index in [4.69, 9.17) is 4.74 Å². The molecule has 1 aliphatic carbocycles. The van der Waals surface area contributed by atoms with E-state index >= 15 is 0 Å². The smallest absolute Gasteiger partial charge is 0.213 e. The molecule has 2 rings (SSSR count). The molecule has 1 atom stereocenters. The predicted molar refractivity (Wildman–Crippen MR) is 71.0 cm³/mol. The molecule has 1 aliphatic heterocycles. The molecule has 0 radical (unpaired) electrons.